The molecule has 0 aliphatic heterocycles. The zero-order valence-corrected chi connectivity index (χ0v) is 11.4. The molecule has 4 heteroatoms. The summed E-state index contributed by atoms with van der Waals surface area (Å²) in [7, 11) is 0. The third-order valence-corrected chi connectivity index (χ3v) is 2.16. The molecule has 0 aliphatic rings. The molecule has 4 nitrogen and oxygen atoms in total. The average Bonchev–Trinajstić information content (AvgIpc) is 2.27. The Kier molecular flexibility index (Phi) is 4.89. The van der Waals surface area contributed by atoms with Crippen molar-refractivity contribution in [1.29, 1.82) is 0 Å². The molecule has 0 saturated heterocycles. The summed E-state index contributed by atoms with van der Waals surface area (Å²) in [6.07, 6.45) is 2.04. The highest BCUT2D eigenvalue weighted by atomic mass is 16.6. The maximum absolute atomic E-state index is 11.3. The number of carbonyl (C=O) groups is 1. The van der Waals surface area contributed by atoms with Crippen LogP contribution in [0.15, 0.2) is 29.4 Å². The molecule has 18 heavy (non-hydrogen) atoms. The minimum atomic E-state index is -0.552. The average molecular weight is 248 g/mol. The van der Waals surface area contributed by atoms with Crippen LogP contribution in [-0.2, 0) is 11.2 Å². The molecule has 0 bridgehead atoms. The lowest BCUT2D eigenvalue weighted by Crippen LogP contribution is -2.29. The molecule has 0 fully saturated rings. The maximum atomic E-state index is 11.3. The SMILES string of the molecule is CCc1ccc(/C=N/NC(=O)OC(C)(C)C)cc1. The van der Waals surface area contributed by atoms with Crippen LogP contribution in [0.1, 0.15) is 38.8 Å². The van der Waals surface area contributed by atoms with Crippen LogP contribution in [0.3, 0.4) is 0 Å². The molecule has 1 rings (SSSR count). The second-order valence-corrected chi connectivity index (χ2v) is 4.97. The van der Waals surface area contributed by atoms with E-state index in [9.17, 15) is 4.79 Å². The van der Waals surface area contributed by atoms with Crippen molar-refractivity contribution in [2.24, 2.45) is 5.10 Å². The van der Waals surface area contributed by atoms with Crippen molar-refractivity contribution < 1.29 is 9.53 Å². The van der Waals surface area contributed by atoms with E-state index >= 15 is 0 Å². The lowest BCUT2D eigenvalue weighted by atomic mass is 10.1. The number of hydrogen-bond acceptors (Lipinski definition) is 3. The van der Waals surface area contributed by atoms with Crippen LogP contribution in [-0.4, -0.2) is 17.9 Å². The van der Waals surface area contributed by atoms with Crippen LogP contribution in [0.4, 0.5) is 4.79 Å². The summed E-state index contributed by atoms with van der Waals surface area (Å²) in [4.78, 5) is 11.3. The highest BCUT2D eigenvalue weighted by Crippen LogP contribution is 2.06. The van der Waals surface area contributed by atoms with E-state index in [1.807, 2.05) is 24.3 Å². The van der Waals surface area contributed by atoms with Crippen molar-refractivity contribution in [3.8, 4) is 0 Å². The van der Waals surface area contributed by atoms with Gasteiger partial charge in [-0.1, -0.05) is 31.2 Å². The van der Waals surface area contributed by atoms with E-state index in [1.54, 1.807) is 27.0 Å². The number of rotatable bonds is 3. The molecule has 0 saturated carbocycles. The summed E-state index contributed by atoms with van der Waals surface area (Å²) >= 11 is 0. The molecule has 0 atom stereocenters. The van der Waals surface area contributed by atoms with Crippen LogP contribution in [0.25, 0.3) is 0 Å². The van der Waals surface area contributed by atoms with Crippen molar-refractivity contribution in [1.82, 2.24) is 5.43 Å². The summed E-state index contributed by atoms with van der Waals surface area (Å²) in [5.41, 5.74) is 4.02. The summed E-state index contributed by atoms with van der Waals surface area (Å²) in [6.45, 7) is 7.52. The number of nitrogens with one attached hydrogen (secondary N) is 1. The minimum absolute atomic E-state index is 0.512. The van der Waals surface area contributed by atoms with E-state index < -0.39 is 11.7 Å². The quantitative estimate of drug-likeness (QED) is 0.660. The number of ether oxygens (including phenoxy) is 1. The molecule has 98 valence electrons. The first-order chi connectivity index (χ1) is 8.40. The Bertz CT molecular complexity index is 416. The molecule has 0 aromatic heterocycles. The van der Waals surface area contributed by atoms with E-state index in [4.69, 9.17) is 4.74 Å². The van der Waals surface area contributed by atoms with Crippen LogP contribution < -0.4 is 5.43 Å². The van der Waals surface area contributed by atoms with Gasteiger partial charge in [0.15, 0.2) is 0 Å². The van der Waals surface area contributed by atoms with Crippen molar-refractivity contribution in [3.05, 3.63) is 35.4 Å². The maximum Gasteiger partial charge on any atom is 0.428 e. The summed E-state index contributed by atoms with van der Waals surface area (Å²) < 4.78 is 5.05. The molecule has 0 unspecified atom stereocenters. The van der Waals surface area contributed by atoms with Crippen LogP contribution in [0.2, 0.25) is 0 Å². The van der Waals surface area contributed by atoms with Gasteiger partial charge in [0.25, 0.3) is 0 Å². The number of carbonyl (C=O) groups excluding carboxylic acids is 1. The largest absolute Gasteiger partial charge is 0.443 e. The highest BCUT2D eigenvalue weighted by molar-refractivity contribution is 5.80. The number of benzene rings is 1. The number of hydrogen-bond donors (Lipinski definition) is 1. The van der Waals surface area contributed by atoms with Gasteiger partial charge in [-0.05, 0) is 38.3 Å². The molecule has 0 heterocycles. The van der Waals surface area contributed by atoms with Crippen molar-refractivity contribution in [2.45, 2.75) is 39.7 Å². The van der Waals surface area contributed by atoms with Gasteiger partial charge in [0.05, 0.1) is 6.21 Å². The smallest absolute Gasteiger partial charge is 0.428 e. The Morgan fingerprint density at radius 3 is 2.44 bits per heavy atom. The Balaban J connectivity index is 2.47. The van der Waals surface area contributed by atoms with Gasteiger partial charge in [-0.25, -0.2) is 10.2 Å². The lowest BCUT2D eigenvalue weighted by Gasteiger charge is -2.18. The monoisotopic (exact) mass is 248 g/mol. The van der Waals surface area contributed by atoms with Gasteiger partial charge in [-0.15, -0.1) is 0 Å². The Labute approximate surface area is 108 Å². The lowest BCUT2D eigenvalue weighted by molar-refractivity contribution is 0.0529. The summed E-state index contributed by atoms with van der Waals surface area (Å²) in [5, 5.41) is 3.83. The number of nitrogens with zero attached hydrogens (tertiary/aromatic N) is 1. The van der Waals surface area contributed by atoms with Crippen molar-refractivity contribution in [2.75, 3.05) is 0 Å². The summed E-state index contributed by atoms with van der Waals surface area (Å²) in [6, 6.07) is 7.99. The Morgan fingerprint density at radius 2 is 1.94 bits per heavy atom. The van der Waals surface area contributed by atoms with Crippen LogP contribution in [0.5, 0.6) is 0 Å². The van der Waals surface area contributed by atoms with E-state index in [1.165, 1.54) is 5.56 Å². The van der Waals surface area contributed by atoms with Gasteiger partial charge in [-0.3, -0.25) is 0 Å². The molecule has 1 amide bonds. The Hall–Kier alpha value is -1.84. The molecule has 0 aliphatic carbocycles. The minimum Gasteiger partial charge on any atom is -0.443 e. The number of hydrazone groups is 1. The van der Waals surface area contributed by atoms with Gasteiger partial charge >= 0.3 is 6.09 Å². The molecule has 0 spiro atoms. The normalized spacial score (nSPS) is 11.6. The van der Waals surface area contributed by atoms with Crippen molar-refractivity contribution >= 4 is 12.3 Å². The predicted molar refractivity (Wildman–Crippen MR) is 72.8 cm³/mol. The predicted octanol–water partition coefficient (Wildman–Crippen LogP) is 3.11. The molecular formula is C14H20N2O2. The fraction of sp³-hybridized carbons (Fsp3) is 0.429. The van der Waals surface area contributed by atoms with Gasteiger partial charge in [0.1, 0.15) is 5.60 Å². The van der Waals surface area contributed by atoms with E-state index in [2.05, 4.69) is 17.5 Å². The van der Waals surface area contributed by atoms with Crippen LogP contribution in [0, 0.1) is 0 Å². The summed E-state index contributed by atoms with van der Waals surface area (Å²) in [5.74, 6) is 0. The fourth-order valence-corrected chi connectivity index (χ4v) is 1.30. The number of amides is 1. The van der Waals surface area contributed by atoms with Crippen LogP contribution >= 0.6 is 0 Å². The van der Waals surface area contributed by atoms with E-state index in [-0.39, 0.29) is 0 Å². The zero-order chi connectivity index (χ0) is 13.6. The fourth-order valence-electron chi connectivity index (χ4n) is 1.30. The first kappa shape index (κ1) is 14.2. The molecule has 1 N–H and O–H groups in total. The van der Waals surface area contributed by atoms with Gasteiger partial charge in [0.2, 0.25) is 0 Å². The van der Waals surface area contributed by atoms with E-state index in [0.29, 0.717) is 0 Å². The molecular weight excluding hydrogens is 228 g/mol. The third kappa shape index (κ3) is 5.48. The van der Waals surface area contributed by atoms with E-state index in [0.717, 1.165) is 12.0 Å². The topological polar surface area (TPSA) is 50.7 Å². The first-order valence-corrected chi connectivity index (χ1v) is 6.01. The van der Waals surface area contributed by atoms with Gasteiger partial charge < -0.3 is 4.74 Å². The molecule has 1 aromatic rings. The third-order valence-electron chi connectivity index (χ3n) is 2.16. The highest BCUT2D eigenvalue weighted by Gasteiger charge is 2.15. The number of aryl methyl sites for hydroxylation is 1. The molecule has 0 radical (unpaired) electrons. The second-order valence-electron chi connectivity index (χ2n) is 4.97. The van der Waals surface area contributed by atoms with Gasteiger partial charge in [0, 0.05) is 0 Å². The zero-order valence-electron chi connectivity index (χ0n) is 11.4. The first-order valence-electron chi connectivity index (χ1n) is 6.01. The Morgan fingerprint density at radius 1 is 1.33 bits per heavy atom. The second kappa shape index (κ2) is 6.19. The van der Waals surface area contributed by atoms with Gasteiger partial charge in [-0.2, -0.15) is 5.10 Å². The molecule has 1 aromatic carbocycles. The van der Waals surface area contributed by atoms with Crippen molar-refractivity contribution in [3.63, 3.8) is 0 Å². The standard InChI is InChI=1S/C14H20N2O2/c1-5-11-6-8-12(9-7-11)10-15-16-13(17)18-14(2,3)4/h6-10H,5H2,1-4H3,(H,16,17)/b15-10+.